The molecule has 2 unspecified atom stereocenters. The maximum Gasteiger partial charge on any atom is 0.373 e. The summed E-state index contributed by atoms with van der Waals surface area (Å²) in [7, 11) is 0. The van der Waals surface area contributed by atoms with E-state index in [4.69, 9.17) is 9.47 Å². The van der Waals surface area contributed by atoms with Crippen molar-refractivity contribution >= 4 is 11.7 Å². The number of phenols is 3. The number of phenolic OH excluding ortho intramolecular Hbond substituents is 3. The number of β-amino-alcohol motifs (C(OH)–C–C–N with tert-alkyl or cyclic N) is 1. The van der Waals surface area contributed by atoms with Crippen LogP contribution in [0.15, 0.2) is 36.4 Å². The molecule has 2 aliphatic heterocycles. The Morgan fingerprint density at radius 2 is 1.67 bits per heavy atom. The lowest BCUT2D eigenvalue weighted by Crippen LogP contribution is -2.60. The number of carboxylic acids is 1. The van der Waals surface area contributed by atoms with E-state index < -0.39 is 66.9 Å². The van der Waals surface area contributed by atoms with Crippen LogP contribution in [-0.2, 0) is 16.0 Å². The zero-order chi connectivity index (χ0) is 28.4. The summed E-state index contributed by atoms with van der Waals surface area (Å²) in [5.41, 5.74) is 0.958. The van der Waals surface area contributed by atoms with E-state index in [1.54, 1.807) is 12.1 Å². The van der Waals surface area contributed by atoms with Crippen LogP contribution < -0.4 is 4.74 Å². The molecular weight excluding hydrogens is 518 g/mol. The summed E-state index contributed by atoms with van der Waals surface area (Å²) < 4.78 is 12.6. The van der Waals surface area contributed by atoms with Gasteiger partial charge in [0.15, 0.2) is 12.3 Å². The number of aliphatic carboxylic acids is 1. The molecule has 0 radical (unpaired) electrons. The Balaban J connectivity index is 1.80. The van der Waals surface area contributed by atoms with Gasteiger partial charge in [0, 0.05) is 18.6 Å². The second kappa shape index (κ2) is 11.7. The Morgan fingerprint density at radius 3 is 2.31 bits per heavy atom. The van der Waals surface area contributed by atoms with Gasteiger partial charge in [0.2, 0.25) is 6.29 Å². The number of carbonyl (C=O) groups is 1. The molecule has 0 spiro atoms. The molecule has 0 amide bonds. The summed E-state index contributed by atoms with van der Waals surface area (Å²) in [5.74, 6) is -2.33. The number of hydrogen-bond donors (Lipinski definition) is 9. The van der Waals surface area contributed by atoms with Crippen LogP contribution in [0.4, 0.5) is 0 Å². The third-order valence-corrected chi connectivity index (χ3v) is 6.94. The van der Waals surface area contributed by atoms with E-state index in [-0.39, 0.29) is 42.2 Å². The summed E-state index contributed by atoms with van der Waals surface area (Å²) in [6.07, 6.45) is -8.76. The van der Waals surface area contributed by atoms with Gasteiger partial charge in [-0.15, -0.1) is 0 Å². The minimum absolute atomic E-state index is 0.0520. The van der Waals surface area contributed by atoms with Gasteiger partial charge < -0.3 is 55.4 Å². The van der Waals surface area contributed by atoms with Crippen molar-refractivity contribution in [1.29, 1.82) is 0 Å². The average Bonchev–Trinajstić information content (AvgIpc) is 3.28. The molecule has 2 aromatic carbocycles. The molecule has 2 aliphatic rings. The topological polar surface area (TPSA) is 221 Å². The number of rotatable bonds is 8. The van der Waals surface area contributed by atoms with Crippen LogP contribution in [0.1, 0.15) is 24.0 Å². The molecular formula is C26H32NO12+. The molecule has 0 saturated carbocycles. The Morgan fingerprint density at radius 1 is 0.974 bits per heavy atom. The van der Waals surface area contributed by atoms with E-state index in [1.165, 1.54) is 16.7 Å². The highest BCUT2D eigenvalue weighted by atomic mass is 16.7. The van der Waals surface area contributed by atoms with Crippen molar-refractivity contribution in [1.82, 2.24) is 0 Å². The van der Waals surface area contributed by atoms with Crippen LogP contribution >= 0.6 is 0 Å². The van der Waals surface area contributed by atoms with Gasteiger partial charge >= 0.3 is 5.97 Å². The fourth-order valence-corrected chi connectivity index (χ4v) is 4.94. The predicted molar refractivity (Wildman–Crippen MR) is 132 cm³/mol. The molecule has 7 atom stereocenters. The lowest BCUT2D eigenvalue weighted by Gasteiger charge is -2.39. The first-order valence-corrected chi connectivity index (χ1v) is 12.3. The van der Waals surface area contributed by atoms with Gasteiger partial charge in [0.1, 0.15) is 59.1 Å². The summed E-state index contributed by atoms with van der Waals surface area (Å²) in [4.78, 5) is 12.1. The monoisotopic (exact) mass is 550 g/mol. The number of hydrogen-bond acceptors (Lipinski definition) is 11. The fourth-order valence-electron chi connectivity index (χ4n) is 4.94. The first-order chi connectivity index (χ1) is 18.5. The minimum Gasteiger partial charge on any atom is -0.508 e. The Kier molecular flexibility index (Phi) is 8.59. The summed E-state index contributed by atoms with van der Waals surface area (Å²) in [6, 6.07) is 7.27. The molecule has 4 rings (SSSR count). The number of aryl methyl sites for hydroxylation is 1. The van der Waals surface area contributed by atoms with E-state index in [2.05, 4.69) is 0 Å². The van der Waals surface area contributed by atoms with Crippen LogP contribution in [0.3, 0.4) is 0 Å². The standard InChI is InChI=1S/C26H31NO12/c28-11-20-22(33)23(34)24(35)26(39-20)38-19-9-14(30)8-18(32)21(19)16(6-3-12-1-4-13(29)5-2-12)27-10-15(31)7-17(27)25(36)37/h1-2,4-5,8-9,15,17,20,22-24,26,28,31,33-35H,3,6-7,10-11H2,(H3,29,30,32,36,37)/p+1/t15?,17?,20-,22-,23+,24-,26-/m1/s1. The Bertz CT molecular complexity index is 1210. The maximum atomic E-state index is 12.1. The lowest BCUT2D eigenvalue weighted by atomic mass is 9.98. The van der Waals surface area contributed by atoms with Gasteiger partial charge in [-0.05, 0) is 24.1 Å². The number of aliphatic hydroxyl groups excluding tert-OH is 5. The molecule has 2 fully saturated rings. The highest BCUT2D eigenvalue weighted by Crippen LogP contribution is 2.37. The van der Waals surface area contributed by atoms with Gasteiger partial charge in [0.25, 0.3) is 6.04 Å². The van der Waals surface area contributed by atoms with Gasteiger partial charge in [-0.25, -0.2) is 9.37 Å². The smallest absolute Gasteiger partial charge is 0.373 e. The molecule has 39 heavy (non-hydrogen) atoms. The molecule has 0 bridgehead atoms. The van der Waals surface area contributed by atoms with Crippen molar-refractivity contribution in [3.05, 3.63) is 47.5 Å². The second-order valence-electron chi connectivity index (χ2n) is 9.66. The van der Waals surface area contributed by atoms with Gasteiger partial charge in [-0.3, -0.25) is 0 Å². The van der Waals surface area contributed by atoms with Gasteiger partial charge in [-0.1, -0.05) is 12.1 Å². The van der Waals surface area contributed by atoms with Crippen molar-refractivity contribution < 1.29 is 64.8 Å². The quantitative estimate of drug-likeness (QED) is 0.174. The number of nitrogens with zero attached hydrogens (tertiary/aromatic N) is 1. The molecule has 0 aliphatic carbocycles. The Labute approximate surface area is 222 Å². The molecule has 13 heteroatoms. The van der Waals surface area contributed by atoms with Crippen molar-refractivity contribution in [3.63, 3.8) is 0 Å². The van der Waals surface area contributed by atoms with Crippen LogP contribution in [0, 0.1) is 0 Å². The first-order valence-electron chi connectivity index (χ1n) is 12.3. The zero-order valence-electron chi connectivity index (χ0n) is 20.7. The van der Waals surface area contributed by atoms with Crippen molar-refractivity contribution in [2.45, 2.75) is 62.1 Å². The fraction of sp³-hybridized carbons (Fsp3) is 0.462. The van der Waals surface area contributed by atoms with Crippen LogP contribution in [0.5, 0.6) is 23.0 Å². The number of aliphatic hydroxyl groups is 5. The summed E-state index contributed by atoms with van der Waals surface area (Å²) >= 11 is 0. The van der Waals surface area contributed by atoms with E-state index in [0.717, 1.165) is 17.7 Å². The van der Waals surface area contributed by atoms with Crippen LogP contribution in [-0.4, -0.2) is 118 Å². The molecule has 2 heterocycles. The largest absolute Gasteiger partial charge is 0.508 e. The summed E-state index contributed by atoms with van der Waals surface area (Å²) in [5, 5.41) is 91.1. The Hall–Kier alpha value is -3.46. The minimum atomic E-state index is -1.79. The van der Waals surface area contributed by atoms with Crippen molar-refractivity contribution in [2.24, 2.45) is 0 Å². The average molecular weight is 551 g/mol. The maximum absolute atomic E-state index is 12.1. The molecule has 2 saturated heterocycles. The van der Waals surface area contributed by atoms with E-state index in [9.17, 15) is 50.8 Å². The number of ether oxygens (including phenoxy) is 2. The van der Waals surface area contributed by atoms with Crippen molar-refractivity contribution in [3.8, 4) is 23.0 Å². The molecule has 212 valence electrons. The third-order valence-electron chi connectivity index (χ3n) is 6.94. The molecule has 0 aromatic heterocycles. The highest BCUT2D eigenvalue weighted by molar-refractivity contribution is 6.02. The zero-order valence-corrected chi connectivity index (χ0v) is 20.7. The third kappa shape index (κ3) is 6.08. The van der Waals surface area contributed by atoms with Gasteiger partial charge in [-0.2, -0.15) is 0 Å². The molecule has 13 nitrogen and oxygen atoms in total. The van der Waals surface area contributed by atoms with Crippen LogP contribution in [0.25, 0.3) is 0 Å². The first kappa shape index (κ1) is 28.5. The molecule has 9 N–H and O–H groups in total. The number of benzene rings is 2. The van der Waals surface area contributed by atoms with E-state index in [0.29, 0.717) is 6.42 Å². The number of carboxylic acid groups (broad SMARTS) is 1. The second-order valence-corrected chi connectivity index (χ2v) is 9.66. The van der Waals surface area contributed by atoms with E-state index in [1.807, 2.05) is 0 Å². The lowest BCUT2D eigenvalue weighted by molar-refractivity contribution is -0.536. The SMILES string of the molecule is O=C(O)C1CC(O)C[N+]1=C(CCc1ccc(O)cc1)c1c(O)cc(O)cc1O[C@@H]1O[C@H](CO)[C@@H](O)[C@H](O)[C@H]1O. The molecule has 2 aromatic rings. The summed E-state index contributed by atoms with van der Waals surface area (Å²) in [6.45, 7) is -0.791. The highest BCUT2D eigenvalue weighted by Gasteiger charge is 2.46. The van der Waals surface area contributed by atoms with Crippen LogP contribution in [0.2, 0.25) is 0 Å². The number of aromatic hydroxyl groups is 3. The normalized spacial score (nSPS) is 30.2. The van der Waals surface area contributed by atoms with Crippen molar-refractivity contribution in [2.75, 3.05) is 13.2 Å². The van der Waals surface area contributed by atoms with E-state index >= 15 is 0 Å². The van der Waals surface area contributed by atoms with Gasteiger partial charge in [0.05, 0.1) is 13.0 Å². The predicted octanol–water partition coefficient (Wildman–Crippen LogP) is -1.37.